The highest BCUT2D eigenvalue weighted by molar-refractivity contribution is 6.07. The van der Waals surface area contributed by atoms with Gasteiger partial charge in [-0.25, -0.2) is 0 Å². The predicted molar refractivity (Wildman–Crippen MR) is 208 cm³/mol. The summed E-state index contributed by atoms with van der Waals surface area (Å²) in [6, 6.07) is 58.9. The van der Waals surface area contributed by atoms with Gasteiger partial charge in [-0.2, -0.15) is 0 Å². The average Bonchev–Trinajstić information content (AvgIpc) is 3.74. The quantitative estimate of drug-likeness (QED) is 0.189. The molecule has 0 spiro atoms. The molecular formula is C46H28N2O3. The van der Waals surface area contributed by atoms with Crippen molar-refractivity contribution in [3.63, 3.8) is 0 Å². The summed E-state index contributed by atoms with van der Waals surface area (Å²) in [4.78, 5) is 4.53. The van der Waals surface area contributed by atoms with Gasteiger partial charge in [0, 0.05) is 56.8 Å². The van der Waals surface area contributed by atoms with E-state index in [-0.39, 0.29) is 0 Å². The number of hydrogen-bond donors (Lipinski definition) is 0. The van der Waals surface area contributed by atoms with Crippen molar-refractivity contribution in [3.8, 4) is 11.5 Å². The van der Waals surface area contributed by atoms with E-state index in [1.807, 2.05) is 48.5 Å². The highest BCUT2D eigenvalue weighted by Gasteiger charge is 2.28. The van der Waals surface area contributed by atoms with Gasteiger partial charge in [-0.05, 0) is 83.6 Å². The first-order chi connectivity index (χ1) is 25.2. The average molecular weight is 657 g/mol. The first-order valence-electron chi connectivity index (χ1n) is 17.1. The summed E-state index contributed by atoms with van der Waals surface area (Å²) in [5.41, 5.74) is 9.34. The van der Waals surface area contributed by atoms with E-state index in [0.717, 1.165) is 89.5 Å². The first kappa shape index (κ1) is 27.9. The molecule has 8 aromatic carbocycles. The molecule has 1 aliphatic rings. The number of furan rings is 2. The Balaban J connectivity index is 1.09. The van der Waals surface area contributed by atoms with Crippen LogP contribution < -0.4 is 14.5 Å². The van der Waals surface area contributed by atoms with Gasteiger partial charge < -0.3 is 23.4 Å². The van der Waals surface area contributed by atoms with Crippen LogP contribution in [0, 0.1) is 0 Å². The highest BCUT2D eigenvalue weighted by atomic mass is 16.5. The molecule has 5 nitrogen and oxygen atoms in total. The second-order valence-corrected chi connectivity index (χ2v) is 13.0. The lowest BCUT2D eigenvalue weighted by molar-refractivity contribution is 0.477. The summed E-state index contributed by atoms with van der Waals surface area (Å²) in [6.45, 7) is 0. The zero-order valence-corrected chi connectivity index (χ0v) is 27.3. The summed E-state index contributed by atoms with van der Waals surface area (Å²) in [7, 11) is 0. The smallest absolute Gasteiger partial charge is 0.153 e. The lowest BCUT2D eigenvalue weighted by atomic mass is 10.1. The van der Waals surface area contributed by atoms with Gasteiger partial charge in [0.25, 0.3) is 0 Å². The van der Waals surface area contributed by atoms with Crippen LogP contribution in [0.25, 0.3) is 54.6 Å². The third-order valence-corrected chi connectivity index (χ3v) is 10.0. The SMILES string of the molecule is c1ccc2c(c1)Oc1cc(N(c3ccc4ccccc4c3)c3ccc4c(c3)oc3ccccc34)ccc1N2c1ccc2c(c1)oc1ccccc12. The van der Waals surface area contributed by atoms with Crippen LogP contribution in [0.2, 0.25) is 0 Å². The Labute approximate surface area is 292 Å². The molecule has 0 atom stereocenters. The van der Waals surface area contributed by atoms with Crippen LogP contribution in [-0.4, -0.2) is 0 Å². The number of rotatable bonds is 4. The van der Waals surface area contributed by atoms with E-state index in [1.165, 1.54) is 10.8 Å². The van der Waals surface area contributed by atoms with Gasteiger partial charge >= 0.3 is 0 Å². The van der Waals surface area contributed by atoms with Crippen LogP contribution in [-0.2, 0) is 0 Å². The molecule has 3 heterocycles. The van der Waals surface area contributed by atoms with Crippen LogP contribution in [0.1, 0.15) is 0 Å². The highest BCUT2D eigenvalue weighted by Crippen LogP contribution is 2.53. The fourth-order valence-corrected chi connectivity index (χ4v) is 7.63. The standard InChI is InChI=1S/C46H28N2O3/c1-2-10-30-25-31(18-17-29(30)9-1)47(32-19-22-37-35-11-3-6-14-41(35)49-44(37)26-32)33-21-24-40-46(28-33)51-43-16-8-5-13-39(43)48(40)34-20-23-38-36-12-4-7-15-42(36)50-45(38)27-34/h1-28H. The summed E-state index contributed by atoms with van der Waals surface area (Å²) in [5, 5.41) is 6.77. The number of nitrogens with zero attached hydrogens (tertiary/aromatic N) is 2. The molecule has 0 saturated carbocycles. The molecule has 0 bridgehead atoms. The predicted octanol–water partition coefficient (Wildman–Crippen LogP) is 13.7. The largest absolute Gasteiger partial charge is 0.456 e. The molecule has 0 unspecified atom stereocenters. The van der Waals surface area contributed by atoms with Crippen molar-refractivity contribution in [2.45, 2.75) is 0 Å². The minimum Gasteiger partial charge on any atom is -0.456 e. The molecular weight excluding hydrogens is 629 g/mol. The number of ether oxygens (including phenoxy) is 1. The summed E-state index contributed by atoms with van der Waals surface area (Å²) >= 11 is 0. The maximum Gasteiger partial charge on any atom is 0.153 e. The van der Waals surface area contributed by atoms with E-state index in [1.54, 1.807) is 0 Å². The maximum atomic E-state index is 6.70. The van der Waals surface area contributed by atoms with Crippen LogP contribution in [0.3, 0.4) is 0 Å². The van der Waals surface area contributed by atoms with E-state index in [4.69, 9.17) is 13.6 Å². The maximum absolute atomic E-state index is 6.70. The van der Waals surface area contributed by atoms with Gasteiger partial charge in [-0.15, -0.1) is 0 Å². The zero-order chi connectivity index (χ0) is 33.5. The van der Waals surface area contributed by atoms with Gasteiger partial charge in [0.05, 0.1) is 17.1 Å². The monoisotopic (exact) mass is 656 g/mol. The van der Waals surface area contributed by atoms with Crippen LogP contribution in [0.15, 0.2) is 179 Å². The first-order valence-corrected chi connectivity index (χ1v) is 17.1. The second-order valence-electron chi connectivity index (χ2n) is 13.0. The second kappa shape index (κ2) is 10.8. The molecule has 0 aliphatic carbocycles. The minimum atomic E-state index is 0.756. The molecule has 10 aromatic rings. The van der Waals surface area contributed by atoms with E-state index >= 15 is 0 Å². The Morgan fingerprint density at radius 1 is 0.373 bits per heavy atom. The molecule has 0 saturated heterocycles. The Hall–Kier alpha value is -6.98. The van der Waals surface area contributed by atoms with Crippen LogP contribution in [0.4, 0.5) is 34.1 Å². The van der Waals surface area contributed by atoms with Crippen LogP contribution >= 0.6 is 0 Å². The van der Waals surface area contributed by atoms with Crippen molar-refractivity contribution in [3.05, 3.63) is 170 Å². The van der Waals surface area contributed by atoms with Crippen molar-refractivity contribution >= 4 is 88.8 Å². The molecule has 11 rings (SSSR count). The van der Waals surface area contributed by atoms with Gasteiger partial charge in [0.1, 0.15) is 22.3 Å². The minimum absolute atomic E-state index is 0.756. The van der Waals surface area contributed by atoms with Gasteiger partial charge in [-0.1, -0.05) is 78.9 Å². The van der Waals surface area contributed by atoms with Gasteiger partial charge in [0.2, 0.25) is 0 Å². The number of fused-ring (bicyclic) bond motifs is 9. The van der Waals surface area contributed by atoms with Crippen LogP contribution in [0.5, 0.6) is 11.5 Å². The lowest BCUT2D eigenvalue weighted by Crippen LogP contribution is -2.17. The Bertz CT molecular complexity index is 2990. The summed E-state index contributed by atoms with van der Waals surface area (Å²) < 4.78 is 19.4. The number of anilines is 6. The topological polar surface area (TPSA) is 42.0 Å². The molecule has 240 valence electrons. The Morgan fingerprint density at radius 3 is 1.76 bits per heavy atom. The molecule has 0 N–H and O–H groups in total. The van der Waals surface area contributed by atoms with E-state index < -0.39 is 0 Å². The lowest BCUT2D eigenvalue weighted by Gasteiger charge is -2.34. The van der Waals surface area contributed by atoms with Crippen molar-refractivity contribution in [1.29, 1.82) is 0 Å². The number of benzene rings is 8. The third-order valence-electron chi connectivity index (χ3n) is 10.0. The van der Waals surface area contributed by atoms with E-state index in [2.05, 4.69) is 131 Å². The molecule has 0 amide bonds. The van der Waals surface area contributed by atoms with E-state index in [9.17, 15) is 0 Å². The summed E-state index contributed by atoms with van der Waals surface area (Å²) in [6.07, 6.45) is 0. The van der Waals surface area contributed by atoms with Crippen molar-refractivity contribution in [2.75, 3.05) is 9.80 Å². The molecule has 1 aliphatic heterocycles. The molecule has 0 radical (unpaired) electrons. The van der Waals surface area contributed by atoms with Crippen molar-refractivity contribution in [1.82, 2.24) is 0 Å². The number of para-hydroxylation sites is 4. The van der Waals surface area contributed by atoms with Gasteiger partial charge in [-0.3, -0.25) is 0 Å². The van der Waals surface area contributed by atoms with Crippen molar-refractivity contribution in [2.24, 2.45) is 0 Å². The van der Waals surface area contributed by atoms with Gasteiger partial charge in [0.15, 0.2) is 11.5 Å². The molecule has 5 heteroatoms. The number of hydrogen-bond acceptors (Lipinski definition) is 5. The normalized spacial score (nSPS) is 12.4. The van der Waals surface area contributed by atoms with Crippen molar-refractivity contribution < 1.29 is 13.6 Å². The Morgan fingerprint density at radius 2 is 0.941 bits per heavy atom. The summed E-state index contributed by atoms with van der Waals surface area (Å²) in [5.74, 6) is 1.54. The Kier molecular flexibility index (Phi) is 5.89. The fourth-order valence-electron chi connectivity index (χ4n) is 7.63. The molecule has 0 fully saturated rings. The third kappa shape index (κ3) is 4.35. The molecule has 51 heavy (non-hydrogen) atoms. The molecule has 2 aromatic heterocycles. The fraction of sp³-hybridized carbons (Fsp3) is 0. The zero-order valence-electron chi connectivity index (χ0n) is 27.3. The van der Waals surface area contributed by atoms with E-state index in [0.29, 0.717) is 0 Å².